The molecule has 1 radical (unpaired) electrons. The molecule has 0 bridgehead atoms. The number of hydrogen-bond donors (Lipinski definition) is 1. The first-order chi connectivity index (χ1) is 3.81. The van der Waals surface area contributed by atoms with Gasteiger partial charge in [-0.05, 0) is 5.53 Å². The van der Waals surface area contributed by atoms with Crippen molar-refractivity contribution in [2.24, 2.45) is 5.11 Å². The van der Waals surface area contributed by atoms with Crippen LogP contribution in [-0.2, 0) is 5.11 Å². The fourth-order valence-electron chi connectivity index (χ4n) is 0.223. The van der Waals surface area contributed by atoms with Crippen LogP contribution in [0, 0.1) is 0 Å². The van der Waals surface area contributed by atoms with Crippen molar-refractivity contribution in [3.8, 4) is 0 Å². The first-order valence-corrected chi connectivity index (χ1v) is 2.11. The average molecular weight is 116 g/mol. The van der Waals surface area contributed by atoms with Crippen molar-refractivity contribution in [1.82, 2.24) is 0 Å². The summed E-state index contributed by atoms with van der Waals surface area (Å²) in [5.74, 6) is 0. The lowest BCUT2D eigenvalue weighted by Gasteiger charge is -1.94. The van der Waals surface area contributed by atoms with Crippen LogP contribution in [-0.4, -0.2) is 17.9 Å². The van der Waals surface area contributed by atoms with E-state index in [1.165, 1.54) is 0 Å². The summed E-state index contributed by atoms with van der Waals surface area (Å²) < 4.78 is 0. The van der Waals surface area contributed by atoms with Gasteiger partial charge in [-0.1, -0.05) is 5.11 Å². The number of aliphatic hydroxyl groups is 1. The number of aliphatic hydroxyl groups excluding tert-OH is 1. The summed E-state index contributed by atoms with van der Waals surface area (Å²) >= 11 is 0. The van der Waals surface area contributed by atoms with Crippen molar-refractivity contribution in [3.05, 3.63) is 10.4 Å². The maximum Gasteiger partial charge on any atom is 0.135 e. The molecule has 8 heavy (non-hydrogen) atoms. The van der Waals surface area contributed by atoms with Crippen LogP contribution in [0.25, 0.3) is 10.4 Å². The molecule has 0 rings (SSSR count). The van der Waals surface area contributed by atoms with Gasteiger partial charge in [0.15, 0.2) is 0 Å². The number of nitrogens with zero attached hydrogens (tertiary/aromatic N) is 3. The molecule has 0 amide bonds. The molecule has 0 saturated heterocycles. The molecule has 5 heteroatoms. The second-order valence-electron chi connectivity index (χ2n) is 1.18. The highest BCUT2D eigenvalue weighted by atomic mass is 16.3. The van der Waals surface area contributed by atoms with E-state index in [9.17, 15) is 5.11 Å². The summed E-state index contributed by atoms with van der Waals surface area (Å²) in [5.41, 5.74) is 7.66. The minimum absolute atomic E-state index is 0.00986. The second-order valence-corrected chi connectivity index (χ2v) is 1.18. The van der Waals surface area contributed by atoms with E-state index < -0.39 is 12.8 Å². The largest absolute Gasteiger partial charge is 0.387 e. The van der Waals surface area contributed by atoms with Crippen molar-refractivity contribution >= 4 is 0 Å². The van der Waals surface area contributed by atoms with Gasteiger partial charge >= 0.3 is 0 Å². The highest BCUT2D eigenvalue weighted by molar-refractivity contribution is 4.50. The van der Waals surface area contributed by atoms with E-state index in [2.05, 4.69) is 10.0 Å². The molecule has 5 nitrogen and oxygen atoms in total. The van der Waals surface area contributed by atoms with Crippen LogP contribution in [0.4, 0.5) is 0 Å². The third-order valence-electron chi connectivity index (χ3n) is 0.561. The van der Waals surface area contributed by atoms with Crippen LogP contribution >= 0.6 is 0 Å². The van der Waals surface area contributed by atoms with Gasteiger partial charge in [-0.3, -0.25) is 0 Å². The minimum atomic E-state index is -1.14. The smallest absolute Gasteiger partial charge is 0.135 e. The highest BCUT2D eigenvalue weighted by Crippen LogP contribution is 1.90. The predicted molar refractivity (Wildman–Crippen MR) is 25.3 cm³/mol. The van der Waals surface area contributed by atoms with E-state index in [-0.39, 0.29) is 6.42 Å². The molecule has 0 aromatic rings. The molecule has 0 aromatic carbocycles. The first-order valence-electron chi connectivity index (χ1n) is 2.11. The zero-order valence-corrected chi connectivity index (χ0v) is 4.19. The minimum Gasteiger partial charge on any atom is -0.387 e. The molecule has 0 aliphatic rings. The monoisotopic (exact) mass is 116 g/mol. The number of rotatable bonds is 3. The van der Waals surface area contributed by atoms with E-state index >= 15 is 0 Å². The molecule has 0 heterocycles. The maximum atomic E-state index is 9.67. The van der Waals surface area contributed by atoms with Crippen LogP contribution < -0.4 is 0 Å². The van der Waals surface area contributed by atoms with Gasteiger partial charge in [0.05, 0.1) is 6.61 Å². The Morgan fingerprint density at radius 1 is 1.88 bits per heavy atom. The van der Waals surface area contributed by atoms with Crippen LogP contribution in [0.3, 0.4) is 0 Å². The van der Waals surface area contributed by atoms with Gasteiger partial charge in [-0.15, -0.1) is 0 Å². The molecule has 0 fully saturated rings. The van der Waals surface area contributed by atoms with Gasteiger partial charge in [0.2, 0.25) is 0 Å². The Labute approximate surface area is 46.2 Å². The predicted octanol–water partition coefficient (Wildman–Crippen LogP) is 0.436. The van der Waals surface area contributed by atoms with Gasteiger partial charge in [0.1, 0.15) is 6.23 Å². The van der Waals surface area contributed by atoms with Crippen molar-refractivity contribution in [2.75, 3.05) is 6.61 Å². The summed E-state index contributed by atoms with van der Waals surface area (Å²) in [6.45, 7) is -0.416. The molecular formula is C3H6N3O2. The highest BCUT2D eigenvalue weighted by Gasteiger charge is 1.96. The molecule has 0 spiro atoms. The zero-order chi connectivity index (χ0) is 6.41. The molecule has 1 N–H and O–H groups in total. The van der Waals surface area contributed by atoms with Crippen molar-refractivity contribution in [2.45, 2.75) is 12.6 Å². The van der Waals surface area contributed by atoms with E-state index in [1.807, 2.05) is 0 Å². The lowest BCUT2D eigenvalue weighted by molar-refractivity contribution is 0.108. The molecule has 1 unspecified atom stereocenters. The average Bonchev–Trinajstić information content (AvgIpc) is 1.68. The lowest BCUT2D eigenvalue weighted by atomic mass is 10.4. The van der Waals surface area contributed by atoms with Crippen molar-refractivity contribution in [1.29, 1.82) is 0 Å². The van der Waals surface area contributed by atoms with Crippen LogP contribution in [0.2, 0.25) is 0 Å². The van der Waals surface area contributed by atoms with E-state index in [1.54, 1.807) is 0 Å². The van der Waals surface area contributed by atoms with E-state index in [4.69, 9.17) is 10.6 Å². The fourth-order valence-corrected chi connectivity index (χ4v) is 0.223. The van der Waals surface area contributed by atoms with Crippen molar-refractivity contribution < 1.29 is 10.2 Å². The third kappa shape index (κ3) is 3.42. The van der Waals surface area contributed by atoms with Crippen LogP contribution in [0.1, 0.15) is 6.42 Å². The number of hydrogen-bond acceptors (Lipinski definition) is 2. The summed E-state index contributed by atoms with van der Waals surface area (Å²) in [7, 11) is 0. The van der Waals surface area contributed by atoms with Crippen LogP contribution in [0.5, 0.6) is 0 Å². The Balaban J connectivity index is 3.31. The third-order valence-corrected chi connectivity index (χ3v) is 0.561. The van der Waals surface area contributed by atoms with Gasteiger partial charge < -0.3 is 5.11 Å². The summed E-state index contributed by atoms with van der Waals surface area (Å²) in [4.78, 5) is 2.29. The quantitative estimate of drug-likeness (QED) is 0.323. The molecular weight excluding hydrogens is 110 g/mol. The van der Waals surface area contributed by atoms with E-state index in [0.29, 0.717) is 0 Å². The number of azide groups is 1. The van der Waals surface area contributed by atoms with Gasteiger partial charge in [0, 0.05) is 11.3 Å². The SMILES string of the molecule is [N-]=[N+]=NC(O)CC[O]. The first kappa shape index (κ1) is 7.23. The molecule has 0 aromatic heterocycles. The van der Waals surface area contributed by atoms with Gasteiger partial charge in [-0.2, -0.15) is 0 Å². The van der Waals surface area contributed by atoms with Gasteiger partial charge in [0.25, 0.3) is 0 Å². The lowest BCUT2D eigenvalue weighted by Crippen LogP contribution is -2.02. The zero-order valence-electron chi connectivity index (χ0n) is 4.19. The Morgan fingerprint density at radius 2 is 2.50 bits per heavy atom. The molecule has 0 saturated carbocycles. The molecule has 1 atom stereocenters. The fraction of sp³-hybridized carbons (Fsp3) is 1.00. The summed E-state index contributed by atoms with van der Waals surface area (Å²) in [6.07, 6.45) is -1.15. The Hall–Kier alpha value is -0.770. The van der Waals surface area contributed by atoms with E-state index in [0.717, 1.165) is 0 Å². The topological polar surface area (TPSA) is 88.9 Å². The normalized spacial score (nSPS) is 12.2. The Bertz CT molecular complexity index is 98.7. The molecule has 0 aliphatic carbocycles. The Morgan fingerprint density at radius 3 is 2.88 bits per heavy atom. The van der Waals surface area contributed by atoms with Gasteiger partial charge in [-0.25, -0.2) is 5.11 Å². The summed E-state index contributed by atoms with van der Waals surface area (Å²) in [6, 6.07) is 0. The molecule has 0 aliphatic heterocycles. The van der Waals surface area contributed by atoms with Crippen LogP contribution in [0.15, 0.2) is 5.11 Å². The summed E-state index contributed by atoms with van der Waals surface area (Å²) in [5, 5.41) is 21.0. The molecule has 45 valence electrons. The van der Waals surface area contributed by atoms with Crippen molar-refractivity contribution in [3.63, 3.8) is 0 Å². The Kier molecular flexibility index (Phi) is 3.97. The second kappa shape index (κ2) is 4.39. The maximum absolute atomic E-state index is 9.67. The standard InChI is InChI=1S/C3H6N3O2/c4-6-5-3(8)1-2-7/h3,8H,1-2H2.